The van der Waals surface area contributed by atoms with Gasteiger partial charge in [-0.15, -0.1) is 0 Å². The highest BCUT2D eigenvalue weighted by atomic mass is 16.2. The molecule has 4 rings (SSSR count). The van der Waals surface area contributed by atoms with E-state index in [0.29, 0.717) is 25.1 Å². The summed E-state index contributed by atoms with van der Waals surface area (Å²) in [6, 6.07) is 13.9. The van der Waals surface area contributed by atoms with E-state index >= 15 is 0 Å². The Morgan fingerprint density at radius 2 is 1.85 bits per heavy atom. The summed E-state index contributed by atoms with van der Waals surface area (Å²) in [7, 11) is 0. The molecule has 2 heterocycles. The zero-order valence-electron chi connectivity index (χ0n) is 18.8. The first kappa shape index (κ1) is 22.5. The molecular formula is C25H28N4O4. The summed E-state index contributed by atoms with van der Waals surface area (Å²) in [4.78, 5) is 52.8. The van der Waals surface area contributed by atoms with Crippen molar-refractivity contribution in [3.63, 3.8) is 0 Å². The molecule has 0 spiro atoms. The average molecular weight is 449 g/mol. The van der Waals surface area contributed by atoms with Crippen LogP contribution in [0.5, 0.6) is 0 Å². The summed E-state index contributed by atoms with van der Waals surface area (Å²) in [5.74, 6) is -0.379. The summed E-state index contributed by atoms with van der Waals surface area (Å²) in [6.45, 7) is 4.51. The normalized spacial score (nSPS) is 17.7. The maximum absolute atomic E-state index is 13.3. The monoisotopic (exact) mass is 448 g/mol. The highest BCUT2D eigenvalue weighted by Gasteiger charge is 2.34. The molecule has 1 saturated heterocycles. The van der Waals surface area contributed by atoms with Crippen molar-refractivity contribution in [2.24, 2.45) is 5.92 Å². The number of carbonyl (C=O) groups excluding carboxylic acids is 4. The third kappa shape index (κ3) is 5.05. The summed E-state index contributed by atoms with van der Waals surface area (Å²) in [5, 5.41) is 5.43. The third-order valence-corrected chi connectivity index (χ3v) is 5.93. The van der Waals surface area contributed by atoms with E-state index in [9.17, 15) is 19.2 Å². The molecule has 1 fully saturated rings. The Morgan fingerprint density at radius 1 is 1.09 bits per heavy atom. The number of nitrogens with one attached hydrogen (secondary N) is 2. The molecule has 172 valence electrons. The largest absolute Gasteiger partial charge is 0.329 e. The van der Waals surface area contributed by atoms with Gasteiger partial charge in [-0.25, -0.2) is 4.79 Å². The van der Waals surface area contributed by atoms with Crippen molar-refractivity contribution in [1.82, 2.24) is 15.1 Å². The molecule has 0 aliphatic carbocycles. The quantitative estimate of drug-likeness (QED) is 0.664. The Morgan fingerprint density at radius 3 is 2.55 bits per heavy atom. The lowest BCUT2D eigenvalue weighted by Crippen LogP contribution is -2.50. The second-order valence-corrected chi connectivity index (χ2v) is 8.94. The Labute approximate surface area is 192 Å². The molecule has 8 heteroatoms. The van der Waals surface area contributed by atoms with Crippen LogP contribution in [0.2, 0.25) is 0 Å². The number of rotatable bonds is 6. The van der Waals surface area contributed by atoms with E-state index in [-0.39, 0.29) is 36.7 Å². The molecule has 1 unspecified atom stereocenters. The van der Waals surface area contributed by atoms with Crippen LogP contribution in [0.25, 0.3) is 0 Å². The van der Waals surface area contributed by atoms with E-state index in [1.807, 2.05) is 38.1 Å². The zero-order valence-corrected chi connectivity index (χ0v) is 18.8. The van der Waals surface area contributed by atoms with Crippen LogP contribution in [0.3, 0.4) is 0 Å². The lowest BCUT2D eigenvalue weighted by molar-refractivity contribution is -0.140. The first-order valence-electron chi connectivity index (χ1n) is 11.2. The molecule has 2 aromatic carbocycles. The predicted molar refractivity (Wildman–Crippen MR) is 123 cm³/mol. The van der Waals surface area contributed by atoms with Crippen LogP contribution in [-0.2, 0) is 33.9 Å². The van der Waals surface area contributed by atoms with Crippen molar-refractivity contribution in [3.8, 4) is 0 Å². The zero-order chi connectivity index (χ0) is 23.5. The smallest absolute Gasteiger partial charge is 0.324 e. The molecule has 1 atom stereocenters. The number of benzene rings is 2. The first-order chi connectivity index (χ1) is 15.8. The lowest BCUT2D eigenvalue weighted by Gasteiger charge is -2.36. The van der Waals surface area contributed by atoms with Crippen LogP contribution in [-0.4, -0.2) is 46.1 Å². The van der Waals surface area contributed by atoms with E-state index in [1.165, 1.54) is 0 Å². The molecule has 2 aliphatic heterocycles. The Bertz CT molecular complexity index is 1080. The van der Waals surface area contributed by atoms with E-state index in [1.54, 1.807) is 29.2 Å². The van der Waals surface area contributed by atoms with Crippen LogP contribution in [0.1, 0.15) is 37.0 Å². The van der Waals surface area contributed by atoms with Crippen molar-refractivity contribution in [2.75, 3.05) is 11.9 Å². The van der Waals surface area contributed by atoms with E-state index in [2.05, 4.69) is 10.6 Å². The van der Waals surface area contributed by atoms with Gasteiger partial charge in [0, 0.05) is 25.1 Å². The van der Waals surface area contributed by atoms with E-state index in [4.69, 9.17) is 0 Å². The van der Waals surface area contributed by atoms with Crippen molar-refractivity contribution >= 4 is 29.4 Å². The van der Waals surface area contributed by atoms with Gasteiger partial charge in [0.15, 0.2) is 0 Å². The van der Waals surface area contributed by atoms with Gasteiger partial charge in [-0.05, 0) is 34.7 Å². The van der Waals surface area contributed by atoms with Gasteiger partial charge < -0.3 is 15.5 Å². The topological polar surface area (TPSA) is 98.8 Å². The standard InChI is InChI=1S/C25H28N4O4/c1-16(2)10-22(30)28-15-19-8-4-3-7-18(19)12-21(28)24(32)27-20-9-5-6-17(11-20)14-29-23(31)13-26-25(29)33/h3-9,11,16,21H,10,12-15H2,1-2H3,(H,26,33)(H,27,32). The fourth-order valence-electron chi connectivity index (χ4n) is 4.26. The number of fused-ring (bicyclic) bond motifs is 1. The lowest BCUT2D eigenvalue weighted by atomic mass is 9.92. The van der Waals surface area contributed by atoms with Gasteiger partial charge in [0.05, 0.1) is 13.1 Å². The van der Waals surface area contributed by atoms with Crippen molar-refractivity contribution in [1.29, 1.82) is 0 Å². The Hall–Kier alpha value is -3.68. The molecule has 0 saturated carbocycles. The second-order valence-electron chi connectivity index (χ2n) is 8.94. The van der Waals surface area contributed by atoms with Gasteiger partial charge in [0.25, 0.3) is 0 Å². The van der Waals surface area contributed by atoms with Gasteiger partial charge in [-0.3, -0.25) is 19.3 Å². The van der Waals surface area contributed by atoms with Crippen LogP contribution in [0, 0.1) is 5.92 Å². The van der Waals surface area contributed by atoms with Crippen LogP contribution in [0.15, 0.2) is 48.5 Å². The summed E-state index contributed by atoms with van der Waals surface area (Å²) in [6.07, 6.45) is 0.835. The molecule has 5 amide bonds. The second kappa shape index (κ2) is 9.44. The minimum atomic E-state index is -0.610. The van der Waals surface area contributed by atoms with Gasteiger partial charge in [0.1, 0.15) is 6.04 Å². The van der Waals surface area contributed by atoms with E-state index < -0.39 is 12.1 Å². The Kier molecular flexibility index (Phi) is 6.44. The fourth-order valence-corrected chi connectivity index (χ4v) is 4.26. The number of amides is 5. The van der Waals surface area contributed by atoms with Crippen molar-refractivity contribution in [2.45, 2.75) is 45.8 Å². The summed E-state index contributed by atoms with van der Waals surface area (Å²) in [5.41, 5.74) is 3.41. The minimum absolute atomic E-state index is 0.00133. The van der Waals surface area contributed by atoms with Gasteiger partial charge in [-0.1, -0.05) is 50.2 Å². The molecule has 33 heavy (non-hydrogen) atoms. The average Bonchev–Trinajstić information content (AvgIpc) is 3.10. The highest BCUT2D eigenvalue weighted by molar-refractivity contribution is 6.02. The third-order valence-electron chi connectivity index (χ3n) is 5.93. The summed E-state index contributed by atoms with van der Waals surface area (Å²) < 4.78 is 0. The van der Waals surface area contributed by atoms with Crippen molar-refractivity contribution in [3.05, 3.63) is 65.2 Å². The number of anilines is 1. The van der Waals surface area contributed by atoms with Gasteiger partial charge >= 0.3 is 6.03 Å². The molecule has 2 N–H and O–H groups in total. The van der Waals surface area contributed by atoms with Crippen LogP contribution in [0.4, 0.5) is 10.5 Å². The molecular weight excluding hydrogens is 420 g/mol. The molecule has 0 radical (unpaired) electrons. The molecule has 0 aromatic heterocycles. The maximum Gasteiger partial charge on any atom is 0.324 e. The highest BCUT2D eigenvalue weighted by Crippen LogP contribution is 2.26. The summed E-state index contributed by atoms with van der Waals surface area (Å²) >= 11 is 0. The minimum Gasteiger partial charge on any atom is -0.329 e. The van der Waals surface area contributed by atoms with Gasteiger partial charge in [0.2, 0.25) is 17.7 Å². The SMILES string of the molecule is CC(C)CC(=O)N1Cc2ccccc2CC1C(=O)Nc1cccc(CN2C(=O)CNC2=O)c1. The van der Waals surface area contributed by atoms with Crippen LogP contribution >= 0.6 is 0 Å². The fraction of sp³-hybridized carbons (Fsp3) is 0.360. The predicted octanol–water partition coefficient (Wildman–Crippen LogP) is 2.68. The van der Waals surface area contributed by atoms with Gasteiger partial charge in [-0.2, -0.15) is 0 Å². The molecule has 8 nitrogen and oxygen atoms in total. The number of carbonyl (C=O) groups is 4. The van der Waals surface area contributed by atoms with Crippen molar-refractivity contribution < 1.29 is 19.2 Å². The first-order valence-corrected chi connectivity index (χ1v) is 11.2. The number of hydrogen-bond acceptors (Lipinski definition) is 4. The van der Waals surface area contributed by atoms with Crippen LogP contribution < -0.4 is 10.6 Å². The molecule has 2 aromatic rings. The Balaban J connectivity index is 1.51. The maximum atomic E-state index is 13.3. The number of hydrogen-bond donors (Lipinski definition) is 2. The molecule has 2 aliphatic rings. The molecule has 0 bridgehead atoms. The number of nitrogens with zero attached hydrogens (tertiary/aromatic N) is 2. The number of imide groups is 1. The van der Waals surface area contributed by atoms with E-state index in [0.717, 1.165) is 21.6 Å². The number of urea groups is 1.